The van der Waals surface area contributed by atoms with Crippen molar-refractivity contribution in [3.8, 4) is 5.75 Å². The lowest BCUT2D eigenvalue weighted by Gasteiger charge is -2.31. The van der Waals surface area contributed by atoms with Crippen LogP contribution in [0.5, 0.6) is 5.75 Å². The number of nitrogens with one attached hydrogen (secondary N) is 1. The number of fused-ring (bicyclic) bond motifs is 1. The van der Waals surface area contributed by atoms with Crippen molar-refractivity contribution in [3.05, 3.63) is 59.7 Å². The molecule has 9 heteroatoms. The summed E-state index contributed by atoms with van der Waals surface area (Å²) in [5.41, 5.74) is 7.95. The van der Waals surface area contributed by atoms with Gasteiger partial charge in [-0.3, -0.25) is 4.79 Å². The molecule has 3 rings (SSSR count). The summed E-state index contributed by atoms with van der Waals surface area (Å²) in [6, 6.07) is 13.0. The Morgan fingerprint density at radius 1 is 1.19 bits per heavy atom. The van der Waals surface area contributed by atoms with Crippen LogP contribution in [0.25, 0.3) is 0 Å². The molecule has 1 amide bonds. The average molecular weight is 532 g/mol. The Bertz CT molecular complexity index is 1130. The Hall–Kier alpha value is -2.46. The molecule has 4 N–H and O–H groups in total. The summed E-state index contributed by atoms with van der Waals surface area (Å²) < 4.78 is 34.2. The van der Waals surface area contributed by atoms with Crippen LogP contribution in [0, 0.1) is 5.92 Å². The predicted octanol–water partition coefficient (Wildman–Crippen LogP) is 2.87. The van der Waals surface area contributed by atoms with Crippen molar-refractivity contribution < 1.29 is 23.1 Å². The summed E-state index contributed by atoms with van der Waals surface area (Å²) in [6.45, 7) is 6.52. The van der Waals surface area contributed by atoms with Gasteiger partial charge in [-0.15, -0.1) is 0 Å². The molecule has 0 saturated carbocycles. The minimum absolute atomic E-state index is 0.0280. The number of amides is 1. The standard InChI is InChI=1S/C28H41N3O5S/c1-4-6-15-31(37(34,35)23-12-13-26-22(18-23)14-16-36-26)19-25(32)24(17-21-10-8-7-9-11-21)30-28(33)27(29)20(3)5-2/h7-13,18,20,24-25,27,32H,4-6,14-17,19,29H2,1-3H3,(H,30,33)/t20-,24?,25+,27-/m0/s1. The lowest BCUT2D eigenvalue weighted by atomic mass is 9.97. The molecule has 0 spiro atoms. The van der Waals surface area contributed by atoms with E-state index in [-0.39, 0.29) is 29.8 Å². The molecule has 204 valence electrons. The molecular weight excluding hydrogens is 490 g/mol. The zero-order valence-electron chi connectivity index (χ0n) is 22.1. The number of nitrogens with zero attached hydrogens (tertiary/aromatic N) is 1. The summed E-state index contributed by atoms with van der Waals surface area (Å²) in [7, 11) is -3.88. The van der Waals surface area contributed by atoms with Crippen LogP contribution in [0.2, 0.25) is 0 Å². The first-order chi connectivity index (χ1) is 17.7. The van der Waals surface area contributed by atoms with E-state index in [0.29, 0.717) is 31.6 Å². The molecule has 8 nitrogen and oxygen atoms in total. The van der Waals surface area contributed by atoms with Crippen LogP contribution in [-0.2, 0) is 27.7 Å². The number of carbonyl (C=O) groups excluding carboxylic acids is 1. The number of hydrogen-bond acceptors (Lipinski definition) is 6. The number of nitrogens with two attached hydrogens (primary N) is 1. The highest BCUT2D eigenvalue weighted by Gasteiger charge is 2.32. The molecule has 37 heavy (non-hydrogen) atoms. The van der Waals surface area contributed by atoms with Crippen LogP contribution in [-0.4, -0.2) is 61.6 Å². The van der Waals surface area contributed by atoms with Gasteiger partial charge in [0.25, 0.3) is 0 Å². The Kier molecular flexibility index (Phi) is 10.5. The van der Waals surface area contributed by atoms with Gasteiger partial charge in [-0.05, 0) is 48.1 Å². The fourth-order valence-corrected chi connectivity index (χ4v) is 5.94. The molecule has 1 aliphatic heterocycles. The Morgan fingerprint density at radius 2 is 1.92 bits per heavy atom. The fourth-order valence-electron chi connectivity index (χ4n) is 4.39. The molecular formula is C28H41N3O5S. The Labute approximate surface area is 221 Å². The number of benzene rings is 2. The number of carbonyl (C=O) groups is 1. The molecule has 0 fully saturated rings. The zero-order chi connectivity index (χ0) is 27.0. The molecule has 4 atom stereocenters. The van der Waals surface area contributed by atoms with Crippen molar-refractivity contribution in [3.63, 3.8) is 0 Å². The van der Waals surface area contributed by atoms with Gasteiger partial charge < -0.3 is 20.9 Å². The normalized spacial score (nSPS) is 16.5. The van der Waals surface area contributed by atoms with E-state index in [1.54, 1.807) is 18.2 Å². The topological polar surface area (TPSA) is 122 Å². The summed E-state index contributed by atoms with van der Waals surface area (Å²) in [6.07, 6.45) is 2.06. The van der Waals surface area contributed by atoms with E-state index in [9.17, 15) is 18.3 Å². The highest BCUT2D eigenvalue weighted by atomic mass is 32.2. The van der Waals surface area contributed by atoms with Gasteiger partial charge in [-0.25, -0.2) is 8.42 Å². The predicted molar refractivity (Wildman–Crippen MR) is 145 cm³/mol. The molecule has 1 heterocycles. The van der Waals surface area contributed by atoms with Crippen molar-refractivity contribution >= 4 is 15.9 Å². The van der Waals surface area contributed by atoms with Crippen molar-refractivity contribution in [1.29, 1.82) is 0 Å². The van der Waals surface area contributed by atoms with Crippen molar-refractivity contribution in [2.24, 2.45) is 11.7 Å². The molecule has 0 aliphatic carbocycles. The SMILES string of the molecule is CCCCN(C[C@@H](O)C(Cc1ccccc1)NC(=O)[C@@H](N)[C@@H](C)CC)S(=O)(=O)c1ccc2c(c1)CCO2. The van der Waals surface area contributed by atoms with E-state index in [4.69, 9.17) is 10.5 Å². The minimum Gasteiger partial charge on any atom is -0.493 e. The molecule has 1 unspecified atom stereocenters. The number of rotatable bonds is 14. The van der Waals surface area contributed by atoms with Crippen molar-refractivity contribution in [2.75, 3.05) is 19.7 Å². The molecule has 2 aromatic carbocycles. The van der Waals surface area contributed by atoms with Crippen LogP contribution in [0.4, 0.5) is 0 Å². The number of aliphatic hydroxyl groups is 1. The first-order valence-corrected chi connectivity index (χ1v) is 14.6. The third kappa shape index (κ3) is 7.54. The van der Waals surface area contributed by atoms with Crippen molar-refractivity contribution in [2.45, 2.75) is 76.0 Å². The maximum Gasteiger partial charge on any atom is 0.243 e. The van der Waals surface area contributed by atoms with E-state index in [1.165, 1.54) is 4.31 Å². The average Bonchev–Trinajstić information content (AvgIpc) is 3.38. The summed E-state index contributed by atoms with van der Waals surface area (Å²) in [5, 5.41) is 14.3. The van der Waals surface area contributed by atoms with Gasteiger partial charge in [0.05, 0.1) is 29.7 Å². The van der Waals surface area contributed by atoms with Crippen molar-refractivity contribution in [1.82, 2.24) is 9.62 Å². The highest BCUT2D eigenvalue weighted by Crippen LogP contribution is 2.29. The van der Waals surface area contributed by atoms with E-state index in [0.717, 1.165) is 24.0 Å². The Morgan fingerprint density at radius 3 is 2.59 bits per heavy atom. The number of ether oxygens (including phenoxy) is 1. The van der Waals surface area contributed by atoms with E-state index in [1.807, 2.05) is 51.1 Å². The van der Waals surface area contributed by atoms with E-state index < -0.39 is 28.2 Å². The lowest BCUT2D eigenvalue weighted by molar-refractivity contribution is -0.125. The number of aliphatic hydroxyl groups excluding tert-OH is 1. The monoisotopic (exact) mass is 531 g/mol. The number of sulfonamides is 1. The van der Waals surface area contributed by atoms with E-state index in [2.05, 4.69) is 5.32 Å². The van der Waals surface area contributed by atoms with Gasteiger partial charge >= 0.3 is 0 Å². The second-order valence-electron chi connectivity index (χ2n) is 9.87. The van der Waals surface area contributed by atoms with Crippen LogP contribution < -0.4 is 15.8 Å². The zero-order valence-corrected chi connectivity index (χ0v) is 22.9. The van der Waals surface area contributed by atoms with Crippen LogP contribution in [0.1, 0.15) is 51.2 Å². The molecule has 0 bridgehead atoms. The van der Waals surface area contributed by atoms with Gasteiger partial charge in [-0.1, -0.05) is 63.9 Å². The van der Waals surface area contributed by atoms with Gasteiger partial charge in [0.1, 0.15) is 5.75 Å². The van der Waals surface area contributed by atoms with Crippen LogP contribution in [0.15, 0.2) is 53.4 Å². The Balaban J connectivity index is 1.85. The van der Waals surface area contributed by atoms with Crippen LogP contribution >= 0.6 is 0 Å². The second kappa shape index (κ2) is 13.4. The number of hydrogen-bond donors (Lipinski definition) is 3. The maximum absolute atomic E-state index is 13.7. The van der Waals surface area contributed by atoms with Gasteiger partial charge in [0, 0.05) is 19.5 Å². The first-order valence-electron chi connectivity index (χ1n) is 13.2. The molecule has 0 aromatic heterocycles. The summed E-state index contributed by atoms with van der Waals surface area (Å²) in [5.74, 6) is 0.332. The maximum atomic E-state index is 13.7. The first kappa shape index (κ1) is 29.1. The third-order valence-corrected chi connectivity index (χ3v) is 8.96. The fraction of sp³-hybridized carbons (Fsp3) is 0.536. The van der Waals surface area contributed by atoms with Gasteiger partial charge in [0.15, 0.2) is 0 Å². The third-order valence-electron chi connectivity index (χ3n) is 7.10. The van der Waals surface area contributed by atoms with E-state index >= 15 is 0 Å². The smallest absolute Gasteiger partial charge is 0.243 e. The number of unbranched alkanes of at least 4 members (excludes halogenated alkanes) is 1. The second-order valence-corrected chi connectivity index (χ2v) is 11.8. The highest BCUT2D eigenvalue weighted by molar-refractivity contribution is 7.89. The largest absolute Gasteiger partial charge is 0.493 e. The lowest BCUT2D eigenvalue weighted by Crippen LogP contribution is -2.55. The molecule has 0 radical (unpaired) electrons. The summed E-state index contributed by atoms with van der Waals surface area (Å²) >= 11 is 0. The van der Waals surface area contributed by atoms with Gasteiger partial charge in [0.2, 0.25) is 15.9 Å². The summed E-state index contributed by atoms with van der Waals surface area (Å²) in [4.78, 5) is 13.1. The molecule has 2 aromatic rings. The quantitative estimate of drug-likeness (QED) is 0.345. The molecule has 0 saturated heterocycles. The van der Waals surface area contributed by atoms with Crippen LogP contribution in [0.3, 0.4) is 0 Å². The molecule has 1 aliphatic rings. The minimum atomic E-state index is -3.88. The van der Waals surface area contributed by atoms with Gasteiger partial charge in [-0.2, -0.15) is 4.31 Å².